The number of thiophene rings is 2. The summed E-state index contributed by atoms with van der Waals surface area (Å²) in [5.41, 5.74) is 42.1. The second-order valence-electron chi connectivity index (χ2n) is 48.5. The van der Waals surface area contributed by atoms with E-state index in [1.807, 2.05) is 43.6 Å². The van der Waals surface area contributed by atoms with Crippen molar-refractivity contribution in [1.82, 2.24) is 63.9 Å². The highest BCUT2D eigenvalue weighted by Gasteiger charge is 2.40. The van der Waals surface area contributed by atoms with Gasteiger partial charge >= 0.3 is 0 Å². The van der Waals surface area contributed by atoms with Crippen molar-refractivity contribution in [1.29, 1.82) is 0 Å². The Balaban J connectivity index is 0.000000141. The van der Waals surface area contributed by atoms with Crippen LogP contribution >= 0.6 is 81.3 Å². The molecule has 0 amide bonds. The molecule has 0 spiro atoms. The molecule has 1 aliphatic rings. The lowest BCUT2D eigenvalue weighted by Crippen LogP contribution is -2.35. The van der Waals surface area contributed by atoms with Crippen molar-refractivity contribution in [3.8, 4) is 0 Å². The van der Waals surface area contributed by atoms with E-state index >= 15 is 0 Å². The summed E-state index contributed by atoms with van der Waals surface area (Å²) in [6.07, 6.45) is 0. The van der Waals surface area contributed by atoms with Crippen LogP contribution in [0, 0.1) is 69.2 Å². The molecule has 0 unspecified atom stereocenters. The van der Waals surface area contributed by atoms with Gasteiger partial charge in [-0.05, 0) is 223 Å². The lowest BCUT2D eigenvalue weighted by Gasteiger charge is -2.29. The molecule has 0 saturated heterocycles. The van der Waals surface area contributed by atoms with Gasteiger partial charge < -0.3 is 0 Å². The molecule has 16 aromatic rings. The van der Waals surface area contributed by atoms with Crippen molar-refractivity contribution in [2.45, 2.75) is 383 Å². The zero-order valence-electron chi connectivity index (χ0n) is 87.0. The smallest absolute Gasteiger partial charge is 0.152 e. The van der Waals surface area contributed by atoms with Gasteiger partial charge in [0.1, 0.15) is 66.5 Å². The summed E-state index contributed by atoms with van der Waals surface area (Å²) in [5.74, 6) is 0. The summed E-state index contributed by atoms with van der Waals surface area (Å²) in [6, 6.07) is 4.69. The van der Waals surface area contributed by atoms with Crippen LogP contribution in [-0.2, 0) is 83.4 Å². The van der Waals surface area contributed by atoms with E-state index in [0.29, 0.717) is 0 Å². The molecule has 10 heterocycles. The summed E-state index contributed by atoms with van der Waals surface area (Å²) in [5, 5.41) is 15.0. The monoisotopic (exact) mass is 1900 g/mol. The van der Waals surface area contributed by atoms with E-state index in [9.17, 15) is 0 Å². The van der Waals surface area contributed by atoms with Crippen LogP contribution in [0.25, 0.3) is 108 Å². The third-order valence-electron chi connectivity index (χ3n) is 25.0. The first-order valence-corrected chi connectivity index (χ1v) is 51.5. The molecule has 0 aliphatic carbocycles. The molecule has 696 valence electrons. The maximum Gasteiger partial charge on any atom is 0.152 e. The molecule has 0 bridgehead atoms. The SMILES string of the molecule is CC(C)(C)c1c2c(c(C(C)(C)C)c3nsnc13)N=S=N2.C[n+]1nc2c(C(C)(C)C)c3nsnc3c(C(C)(C)C)c2[n-]1.Cc1c(C)c(C(C)(C)C)c2nsnc2c1C(C)(C)C.Cc1cc2c(C(C)(C)C)c3nsnc3c(C(C)(C)C)c2cc1C.Cc1nc2c(C(C)(C)C)c3nsnc3c(C(C)(C)C)c2nc1C.Cc1sc2c(C(C)(C)C)c3c(C)c(C)sc3c(C(C)(C)C)c2c1C. The second-order valence-corrected chi connectivity index (χ2v) is 54.1. The maximum absolute atomic E-state index is 4.92. The molecule has 1 aliphatic heterocycles. The number of hydrogen-bond acceptors (Lipinski definition) is 22. The Bertz CT molecular complexity index is 6650. The van der Waals surface area contributed by atoms with Gasteiger partial charge in [0.2, 0.25) is 0 Å². The molecular weight excluding hydrogens is 1760 g/mol. The highest BCUT2D eigenvalue weighted by Crippen LogP contribution is 2.55. The Kier molecular flexibility index (Phi) is 27.0. The third-order valence-corrected chi connectivity index (χ3v) is 30.6. The first-order valence-electron chi connectivity index (χ1n) is 45.5. The predicted molar refractivity (Wildman–Crippen MR) is 568 cm³/mol. The minimum atomic E-state index is -0.0704. The molecule has 0 N–H and O–H groups in total. The second kappa shape index (κ2) is 34.6. The van der Waals surface area contributed by atoms with Crippen molar-refractivity contribution >= 4 is 212 Å². The molecule has 0 atom stereocenters. The Morgan fingerprint density at radius 2 is 0.485 bits per heavy atom. The average molecular weight is 1900 g/mol. The number of hydrogen-bond donors (Lipinski definition) is 0. The topological polar surface area (TPSA) is 210 Å². The lowest BCUT2D eigenvalue weighted by molar-refractivity contribution is -0.783. The summed E-state index contributed by atoms with van der Waals surface area (Å²) in [7, 11) is 1.87. The van der Waals surface area contributed by atoms with Gasteiger partial charge in [0.05, 0.1) is 92.4 Å². The van der Waals surface area contributed by atoms with Crippen molar-refractivity contribution in [3.05, 3.63) is 133 Å². The normalized spacial score (nSPS) is 13.5. The first-order chi connectivity index (χ1) is 59.2. The number of rotatable bonds is 0. The maximum atomic E-state index is 4.92. The summed E-state index contributed by atoms with van der Waals surface area (Å²) >= 11 is 11.8. The van der Waals surface area contributed by atoms with Gasteiger partial charge in [-0.1, -0.05) is 261 Å². The number of aromatic nitrogens is 15. The number of fused-ring (bicyclic) bond motifs is 11. The largest absolute Gasteiger partial charge is 0.249 e. The van der Waals surface area contributed by atoms with Crippen LogP contribution in [0.3, 0.4) is 0 Å². The number of nitrogens with zero attached hydrogens (tertiary/aromatic N) is 17. The van der Waals surface area contributed by atoms with Crippen LogP contribution < -0.4 is 9.90 Å². The first kappa shape index (κ1) is 101. The van der Waals surface area contributed by atoms with E-state index in [-0.39, 0.29) is 65.0 Å². The Hall–Kier alpha value is -7.62. The van der Waals surface area contributed by atoms with Crippen LogP contribution in [0.5, 0.6) is 0 Å². The van der Waals surface area contributed by atoms with Crippen molar-refractivity contribution in [3.63, 3.8) is 0 Å². The van der Waals surface area contributed by atoms with E-state index in [2.05, 4.69) is 371 Å². The van der Waals surface area contributed by atoms with E-state index in [1.165, 1.54) is 166 Å². The van der Waals surface area contributed by atoms with Crippen LogP contribution in [0.15, 0.2) is 20.9 Å². The average Bonchev–Trinajstić information content (AvgIpc) is 1.51. The van der Waals surface area contributed by atoms with E-state index in [4.69, 9.17) is 18.7 Å². The Morgan fingerprint density at radius 1 is 0.254 bits per heavy atom. The van der Waals surface area contributed by atoms with Crippen LogP contribution in [0.4, 0.5) is 11.4 Å². The fourth-order valence-corrected chi connectivity index (χ4v) is 25.4. The van der Waals surface area contributed by atoms with Crippen molar-refractivity contribution in [2.24, 2.45) is 15.8 Å². The van der Waals surface area contributed by atoms with Gasteiger partial charge in [0.15, 0.2) is 7.05 Å². The number of benzene rings is 7. The summed E-state index contributed by atoms with van der Waals surface area (Å²) in [4.78, 5) is 14.4. The molecule has 0 fully saturated rings. The standard InChI is InChI=1S/C22H30S2.C20H26N2S.C18H24N4S.C16H24N2S.C15H21N5S.C14H18N4S2/c1-11-13(3)23-19-15(11)17(21(5,6)7)20-16(12(2)14(4)24-20)18(19)22(8,9)10;1-11-9-13-14(10-12(11)2)16(20(6,7)8)18-17(21-23-22-18)15(13)19(3,4)5;1-9-10(2)20-14-12(18(6,7)8)16-15(21-23-22-16)11(13(14)19-9)17(3,4)5;1-9-10(2)12(16(6,7)8)14-13(17-19-18-14)11(9)15(3,4)5;1-14(2,3)8-10-11(17-20(7)16-10)9(15(4,5)6)13-12(8)18-21-19-13;1-13(2,3)7-9-11(17-19-15-9)8(14(4,5)6)12-10(7)16-20-18-12/h1-10H3;9-10H,1-8H3;1-8H3;1-8H3;1-7H3;1-6H3. The summed E-state index contributed by atoms with van der Waals surface area (Å²) < 4.78 is 58.2. The Labute approximate surface area is 806 Å². The van der Waals surface area contributed by atoms with Gasteiger partial charge in [0.25, 0.3) is 0 Å². The third kappa shape index (κ3) is 19.0. The van der Waals surface area contributed by atoms with E-state index < -0.39 is 0 Å². The fraction of sp³-hybridized carbons (Fsp3) is 0.562. The fourth-order valence-electron chi connectivity index (χ4n) is 19.2. The molecule has 0 saturated carbocycles. The molecule has 25 heteroatoms. The van der Waals surface area contributed by atoms with Crippen LogP contribution in [-0.4, -0.2) is 58.8 Å². The summed E-state index contributed by atoms with van der Waals surface area (Å²) in [6.45, 7) is 103. The van der Waals surface area contributed by atoms with Crippen molar-refractivity contribution < 1.29 is 4.80 Å². The molecule has 9 aromatic heterocycles. The highest BCUT2D eigenvalue weighted by atomic mass is 32.1. The predicted octanol–water partition coefficient (Wildman–Crippen LogP) is 31.4. The Morgan fingerprint density at radius 3 is 0.746 bits per heavy atom. The number of aryl methyl sites for hydroxylation is 9. The van der Waals surface area contributed by atoms with Crippen LogP contribution in [0.2, 0.25) is 0 Å². The molecule has 17 rings (SSSR count). The highest BCUT2D eigenvalue weighted by molar-refractivity contribution is 7.58. The van der Waals surface area contributed by atoms with Gasteiger partial charge in [-0.15, -0.1) is 22.7 Å². The molecule has 130 heavy (non-hydrogen) atoms. The quantitative estimate of drug-likeness (QED) is 0.129. The van der Waals surface area contributed by atoms with Gasteiger partial charge in [0, 0.05) is 63.2 Å². The van der Waals surface area contributed by atoms with Gasteiger partial charge in [-0.25, -0.2) is 9.97 Å². The molecular formula is C105H143N17S8. The van der Waals surface area contributed by atoms with Gasteiger partial charge in [-0.3, -0.25) is 0 Å². The zero-order chi connectivity index (χ0) is 97.4. The van der Waals surface area contributed by atoms with E-state index in [1.54, 1.807) is 15.9 Å². The minimum absolute atomic E-state index is 0.0293. The molecule has 7 aromatic carbocycles. The minimum Gasteiger partial charge on any atom is -0.249 e. The van der Waals surface area contributed by atoms with E-state index in [0.717, 1.165) is 133 Å². The van der Waals surface area contributed by atoms with Gasteiger partial charge in [-0.2, -0.15) is 67.5 Å². The molecule has 17 nitrogen and oxygen atoms in total. The van der Waals surface area contributed by atoms with Crippen LogP contribution in [0.1, 0.15) is 371 Å². The lowest BCUT2D eigenvalue weighted by atomic mass is 9.75. The zero-order valence-corrected chi connectivity index (χ0v) is 93.6. The van der Waals surface area contributed by atoms with Crippen molar-refractivity contribution in [2.75, 3.05) is 0 Å². The molecule has 0 radical (unpaired) electrons.